The summed E-state index contributed by atoms with van der Waals surface area (Å²) in [6.45, 7) is 3.91. The van der Waals surface area contributed by atoms with Crippen molar-refractivity contribution in [3.05, 3.63) is 48.6 Å². The molecule has 13 heavy (non-hydrogen) atoms. The molecule has 0 aliphatic carbocycles. The van der Waals surface area contributed by atoms with E-state index in [1.54, 1.807) is 6.08 Å². The molecule has 0 saturated carbocycles. The molecule has 0 radical (unpaired) electrons. The van der Waals surface area contributed by atoms with Crippen molar-refractivity contribution in [2.24, 2.45) is 0 Å². The van der Waals surface area contributed by atoms with Gasteiger partial charge in [0, 0.05) is 0 Å². The minimum atomic E-state index is -0.473. The zero-order valence-electron chi connectivity index (χ0n) is 7.35. The Kier molecular flexibility index (Phi) is 3.93. The van der Waals surface area contributed by atoms with E-state index in [0.29, 0.717) is 6.61 Å². The SMILES string of the molecule is C=CCOC(C=O)c1ccccc1. The monoisotopic (exact) mass is 176 g/mol. The first-order valence-electron chi connectivity index (χ1n) is 4.11. The van der Waals surface area contributed by atoms with E-state index in [4.69, 9.17) is 4.74 Å². The van der Waals surface area contributed by atoms with Crippen LogP contribution in [0.25, 0.3) is 0 Å². The topological polar surface area (TPSA) is 26.3 Å². The summed E-state index contributed by atoms with van der Waals surface area (Å²) >= 11 is 0. The summed E-state index contributed by atoms with van der Waals surface area (Å²) in [5.41, 5.74) is 0.874. The molecule has 2 heteroatoms. The van der Waals surface area contributed by atoms with Crippen molar-refractivity contribution in [3.63, 3.8) is 0 Å². The highest BCUT2D eigenvalue weighted by molar-refractivity contribution is 5.59. The molecule has 0 fully saturated rings. The molecule has 1 atom stereocenters. The third-order valence-corrected chi connectivity index (χ3v) is 1.65. The average Bonchev–Trinajstić information content (AvgIpc) is 2.21. The van der Waals surface area contributed by atoms with Crippen molar-refractivity contribution in [1.29, 1.82) is 0 Å². The molecule has 0 aliphatic rings. The maximum Gasteiger partial charge on any atom is 0.153 e. The van der Waals surface area contributed by atoms with Gasteiger partial charge in [-0.3, -0.25) is 0 Å². The zero-order chi connectivity index (χ0) is 9.52. The summed E-state index contributed by atoms with van der Waals surface area (Å²) in [4.78, 5) is 10.7. The quantitative estimate of drug-likeness (QED) is 0.507. The number of rotatable bonds is 5. The molecule has 2 nitrogen and oxygen atoms in total. The van der Waals surface area contributed by atoms with Crippen LogP contribution in [0.4, 0.5) is 0 Å². The van der Waals surface area contributed by atoms with Crippen LogP contribution in [0.2, 0.25) is 0 Å². The van der Waals surface area contributed by atoms with Gasteiger partial charge in [0.2, 0.25) is 0 Å². The fraction of sp³-hybridized carbons (Fsp3) is 0.182. The van der Waals surface area contributed by atoms with Crippen molar-refractivity contribution < 1.29 is 9.53 Å². The van der Waals surface area contributed by atoms with Gasteiger partial charge in [0.1, 0.15) is 6.10 Å². The van der Waals surface area contributed by atoms with Gasteiger partial charge < -0.3 is 9.53 Å². The minimum absolute atomic E-state index is 0.387. The Balaban J connectivity index is 2.66. The number of hydrogen-bond donors (Lipinski definition) is 0. The van der Waals surface area contributed by atoms with Crippen LogP contribution in [-0.4, -0.2) is 12.9 Å². The van der Waals surface area contributed by atoms with Crippen LogP contribution in [0, 0.1) is 0 Å². The Morgan fingerprint density at radius 3 is 2.62 bits per heavy atom. The second-order valence-electron chi connectivity index (χ2n) is 2.59. The summed E-state index contributed by atoms with van der Waals surface area (Å²) in [5, 5.41) is 0. The van der Waals surface area contributed by atoms with Crippen LogP contribution in [0.3, 0.4) is 0 Å². The molecule has 1 unspecified atom stereocenters. The normalized spacial score (nSPS) is 12.0. The summed E-state index contributed by atoms with van der Waals surface area (Å²) < 4.78 is 5.24. The van der Waals surface area contributed by atoms with Crippen molar-refractivity contribution in [2.75, 3.05) is 6.61 Å². The summed E-state index contributed by atoms with van der Waals surface area (Å²) in [5.74, 6) is 0. The Labute approximate surface area is 77.8 Å². The Bertz CT molecular complexity index is 267. The van der Waals surface area contributed by atoms with E-state index in [0.717, 1.165) is 11.8 Å². The first-order chi connectivity index (χ1) is 6.38. The maximum absolute atomic E-state index is 10.7. The summed E-state index contributed by atoms with van der Waals surface area (Å²) in [6, 6.07) is 9.38. The van der Waals surface area contributed by atoms with Crippen LogP contribution in [0.15, 0.2) is 43.0 Å². The molecule has 0 saturated heterocycles. The minimum Gasteiger partial charge on any atom is -0.362 e. The summed E-state index contributed by atoms with van der Waals surface area (Å²) in [7, 11) is 0. The fourth-order valence-electron chi connectivity index (χ4n) is 1.03. The van der Waals surface area contributed by atoms with E-state index >= 15 is 0 Å². The van der Waals surface area contributed by atoms with E-state index in [2.05, 4.69) is 6.58 Å². The molecule has 0 heterocycles. The van der Waals surface area contributed by atoms with Gasteiger partial charge in [-0.2, -0.15) is 0 Å². The average molecular weight is 176 g/mol. The smallest absolute Gasteiger partial charge is 0.153 e. The van der Waals surface area contributed by atoms with Gasteiger partial charge in [0.15, 0.2) is 6.29 Å². The molecule has 0 N–H and O–H groups in total. The first kappa shape index (κ1) is 9.68. The van der Waals surface area contributed by atoms with E-state index in [9.17, 15) is 4.79 Å². The van der Waals surface area contributed by atoms with Gasteiger partial charge in [-0.15, -0.1) is 6.58 Å². The zero-order valence-corrected chi connectivity index (χ0v) is 7.35. The highest BCUT2D eigenvalue weighted by atomic mass is 16.5. The van der Waals surface area contributed by atoms with Crippen LogP contribution in [0.5, 0.6) is 0 Å². The highest BCUT2D eigenvalue weighted by Gasteiger charge is 2.08. The molecule has 0 aromatic heterocycles. The highest BCUT2D eigenvalue weighted by Crippen LogP contribution is 2.13. The largest absolute Gasteiger partial charge is 0.362 e. The van der Waals surface area contributed by atoms with Gasteiger partial charge in [-0.25, -0.2) is 0 Å². The molecule has 0 bridgehead atoms. The number of benzene rings is 1. The summed E-state index contributed by atoms with van der Waals surface area (Å²) in [6.07, 6.45) is 1.94. The Morgan fingerprint density at radius 2 is 2.08 bits per heavy atom. The number of aldehydes is 1. The van der Waals surface area contributed by atoms with Crippen LogP contribution in [0.1, 0.15) is 11.7 Å². The van der Waals surface area contributed by atoms with Crippen molar-refractivity contribution in [2.45, 2.75) is 6.10 Å². The molecule has 1 rings (SSSR count). The van der Waals surface area contributed by atoms with E-state index in [1.165, 1.54) is 0 Å². The van der Waals surface area contributed by atoms with Crippen molar-refractivity contribution in [3.8, 4) is 0 Å². The molecule has 1 aromatic rings. The molecule has 0 amide bonds. The molecule has 0 aliphatic heterocycles. The third kappa shape index (κ3) is 2.84. The standard InChI is InChI=1S/C11H12O2/c1-2-8-13-11(9-12)10-6-4-3-5-7-10/h2-7,9,11H,1,8H2. The lowest BCUT2D eigenvalue weighted by Gasteiger charge is -2.09. The first-order valence-corrected chi connectivity index (χ1v) is 4.11. The van der Waals surface area contributed by atoms with E-state index in [1.807, 2.05) is 30.3 Å². The molecule has 0 spiro atoms. The molecular formula is C11H12O2. The lowest BCUT2D eigenvalue weighted by Crippen LogP contribution is -2.05. The van der Waals surface area contributed by atoms with Crippen LogP contribution in [-0.2, 0) is 9.53 Å². The molecule has 68 valence electrons. The number of carbonyl (C=O) groups excluding carboxylic acids is 1. The Morgan fingerprint density at radius 1 is 1.38 bits per heavy atom. The fourth-order valence-corrected chi connectivity index (χ4v) is 1.03. The Hall–Kier alpha value is -1.41. The van der Waals surface area contributed by atoms with Gasteiger partial charge in [0.05, 0.1) is 6.61 Å². The van der Waals surface area contributed by atoms with Gasteiger partial charge >= 0.3 is 0 Å². The van der Waals surface area contributed by atoms with Gasteiger partial charge in [-0.1, -0.05) is 36.4 Å². The number of ether oxygens (including phenoxy) is 1. The van der Waals surface area contributed by atoms with Gasteiger partial charge in [-0.05, 0) is 5.56 Å². The lowest BCUT2D eigenvalue weighted by atomic mass is 10.1. The number of carbonyl (C=O) groups is 1. The second kappa shape index (κ2) is 5.27. The van der Waals surface area contributed by atoms with Gasteiger partial charge in [0.25, 0.3) is 0 Å². The predicted octanol–water partition coefficient (Wildman–Crippen LogP) is 2.13. The van der Waals surface area contributed by atoms with E-state index < -0.39 is 6.10 Å². The van der Waals surface area contributed by atoms with Crippen molar-refractivity contribution in [1.82, 2.24) is 0 Å². The number of hydrogen-bond acceptors (Lipinski definition) is 2. The lowest BCUT2D eigenvalue weighted by molar-refractivity contribution is -0.117. The predicted molar refractivity (Wildman–Crippen MR) is 51.4 cm³/mol. The van der Waals surface area contributed by atoms with Crippen LogP contribution < -0.4 is 0 Å². The van der Waals surface area contributed by atoms with Crippen molar-refractivity contribution >= 4 is 6.29 Å². The molecule has 1 aromatic carbocycles. The van der Waals surface area contributed by atoms with Crippen LogP contribution >= 0.6 is 0 Å². The third-order valence-electron chi connectivity index (χ3n) is 1.65. The maximum atomic E-state index is 10.7. The van der Waals surface area contributed by atoms with E-state index in [-0.39, 0.29) is 0 Å². The molecular weight excluding hydrogens is 164 g/mol. The second-order valence-corrected chi connectivity index (χ2v) is 2.59.